The Morgan fingerprint density at radius 3 is 2.93 bits per heavy atom. The number of aliphatic imine (C=N–C) groups is 3. The number of thioether (sulfide) groups is 1. The Bertz CT molecular complexity index is 1000. The number of allylic oxidation sites excluding steroid dienone is 1. The first-order valence-electron chi connectivity index (χ1n) is 8.80. The van der Waals surface area contributed by atoms with Crippen molar-refractivity contribution in [3.05, 3.63) is 52.6 Å². The van der Waals surface area contributed by atoms with Crippen molar-refractivity contribution in [2.24, 2.45) is 20.7 Å². The number of amides is 1. The summed E-state index contributed by atoms with van der Waals surface area (Å²) in [6.07, 6.45) is 8.18. The number of nitrogens with one attached hydrogen (secondary N) is 1. The summed E-state index contributed by atoms with van der Waals surface area (Å²) in [4.78, 5) is 25.3. The zero-order chi connectivity index (χ0) is 22.3. The van der Waals surface area contributed by atoms with Crippen LogP contribution in [-0.2, 0) is 15.1 Å². The maximum Gasteiger partial charge on any atom is 0.269 e. The molecule has 2 rings (SSSR count). The number of halogens is 1. The molecule has 7 nitrogen and oxygen atoms in total. The highest BCUT2D eigenvalue weighted by Gasteiger charge is 2.30. The highest BCUT2D eigenvalue weighted by atomic mass is 32.2. The van der Waals surface area contributed by atoms with Gasteiger partial charge in [0.1, 0.15) is 17.1 Å². The van der Waals surface area contributed by atoms with Crippen LogP contribution in [0.25, 0.3) is 0 Å². The molecule has 0 spiro atoms. The lowest BCUT2D eigenvalue weighted by Crippen LogP contribution is -2.26. The first-order valence-corrected chi connectivity index (χ1v) is 9.61. The SMILES string of the molecule is C#CCO/C(=C/N=C(\C)C(=O)Nc1ccc(F)c([C@]2(C)C=C(C)SC(N)=N2)c1)N=C. The van der Waals surface area contributed by atoms with Gasteiger partial charge in [-0.05, 0) is 56.7 Å². The van der Waals surface area contributed by atoms with E-state index in [0.717, 1.165) is 4.91 Å². The second kappa shape index (κ2) is 9.89. The third-order valence-corrected chi connectivity index (χ3v) is 4.76. The van der Waals surface area contributed by atoms with Gasteiger partial charge in [-0.1, -0.05) is 17.7 Å². The normalized spacial score (nSPS) is 19.3. The van der Waals surface area contributed by atoms with Gasteiger partial charge in [0.15, 0.2) is 11.8 Å². The van der Waals surface area contributed by atoms with Crippen LogP contribution in [0.1, 0.15) is 26.3 Å². The predicted molar refractivity (Wildman–Crippen MR) is 121 cm³/mol. The van der Waals surface area contributed by atoms with Gasteiger partial charge in [0, 0.05) is 11.3 Å². The Labute approximate surface area is 179 Å². The summed E-state index contributed by atoms with van der Waals surface area (Å²) in [5, 5.41) is 3.03. The quantitative estimate of drug-likeness (QED) is 0.395. The summed E-state index contributed by atoms with van der Waals surface area (Å²) < 4.78 is 19.7. The number of rotatable bonds is 7. The first kappa shape index (κ1) is 22.9. The third kappa shape index (κ3) is 5.81. The zero-order valence-electron chi connectivity index (χ0n) is 16.9. The molecular weight excluding hydrogens is 405 g/mol. The van der Waals surface area contributed by atoms with Crippen molar-refractivity contribution >= 4 is 41.0 Å². The van der Waals surface area contributed by atoms with Crippen molar-refractivity contribution in [2.75, 3.05) is 11.9 Å². The van der Waals surface area contributed by atoms with E-state index in [1.807, 2.05) is 13.0 Å². The molecule has 1 atom stereocenters. The molecule has 0 saturated heterocycles. The second-order valence-electron chi connectivity index (χ2n) is 6.44. The Hall–Kier alpha value is -3.38. The number of terminal acetylenes is 1. The molecule has 1 amide bonds. The zero-order valence-corrected chi connectivity index (χ0v) is 17.7. The number of anilines is 1. The van der Waals surface area contributed by atoms with Crippen LogP contribution in [0.3, 0.4) is 0 Å². The van der Waals surface area contributed by atoms with Crippen LogP contribution < -0.4 is 11.1 Å². The summed E-state index contributed by atoms with van der Waals surface area (Å²) in [6, 6.07) is 4.25. The number of amidine groups is 1. The molecule has 0 aromatic heterocycles. The van der Waals surface area contributed by atoms with Gasteiger partial charge in [-0.2, -0.15) is 0 Å². The van der Waals surface area contributed by atoms with Gasteiger partial charge >= 0.3 is 0 Å². The lowest BCUT2D eigenvalue weighted by Gasteiger charge is -2.27. The van der Waals surface area contributed by atoms with E-state index < -0.39 is 17.3 Å². The Balaban J connectivity index is 2.25. The van der Waals surface area contributed by atoms with E-state index in [2.05, 4.69) is 32.9 Å². The minimum Gasteiger partial charge on any atom is -0.463 e. The lowest BCUT2D eigenvalue weighted by molar-refractivity contribution is -0.110. The minimum absolute atomic E-state index is 0.00215. The molecule has 9 heteroatoms. The fourth-order valence-electron chi connectivity index (χ4n) is 2.67. The smallest absolute Gasteiger partial charge is 0.269 e. The topological polar surface area (TPSA) is 101 Å². The fraction of sp³-hybridized carbons (Fsp3) is 0.238. The molecular formula is C21H22FN5O2S. The number of hydrogen-bond donors (Lipinski definition) is 2. The summed E-state index contributed by atoms with van der Waals surface area (Å²) in [5.41, 5.74) is 5.70. The van der Waals surface area contributed by atoms with Gasteiger partial charge in [-0.15, -0.1) is 6.42 Å². The molecule has 1 aromatic rings. The molecule has 0 aliphatic carbocycles. The van der Waals surface area contributed by atoms with Crippen molar-refractivity contribution in [1.82, 2.24) is 0 Å². The summed E-state index contributed by atoms with van der Waals surface area (Å²) in [5.74, 6) is 1.44. The average molecular weight is 428 g/mol. The van der Waals surface area contributed by atoms with Crippen LogP contribution in [0, 0.1) is 18.2 Å². The Morgan fingerprint density at radius 1 is 1.57 bits per heavy atom. The van der Waals surface area contributed by atoms with Gasteiger partial charge in [-0.3, -0.25) is 9.79 Å². The molecule has 0 fully saturated rings. The van der Waals surface area contributed by atoms with Crippen LogP contribution >= 0.6 is 11.8 Å². The lowest BCUT2D eigenvalue weighted by atomic mass is 9.91. The summed E-state index contributed by atoms with van der Waals surface area (Å²) in [7, 11) is 0. The van der Waals surface area contributed by atoms with E-state index in [1.54, 1.807) is 6.92 Å². The molecule has 0 bridgehead atoms. The number of nitrogens with zero attached hydrogens (tertiary/aromatic N) is 3. The Kier molecular flexibility index (Phi) is 7.55. The molecule has 30 heavy (non-hydrogen) atoms. The largest absolute Gasteiger partial charge is 0.463 e. The standard InChI is InChI=1S/C21H22FN5O2S/c1-6-9-29-18(24-5)12-25-14(3)19(28)26-15-7-8-17(22)16(10-15)21(4)11-13(2)30-20(23)27-21/h1,7-8,10-12H,5,9H2,2-4H3,(H2,23,27)(H,26,28)/b18-12+,25-14+/t21-/m0/s1. The van der Waals surface area contributed by atoms with Crippen LogP contribution in [0.4, 0.5) is 10.1 Å². The van der Waals surface area contributed by atoms with Gasteiger partial charge < -0.3 is 15.8 Å². The predicted octanol–water partition coefficient (Wildman–Crippen LogP) is 3.55. The molecule has 0 saturated carbocycles. The maximum absolute atomic E-state index is 14.6. The number of nitrogens with two attached hydrogens (primary N) is 1. The summed E-state index contributed by atoms with van der Waals surface area (Å²) >= 11 is 1.32. The maximum atomic E-state index is 14.6. The molecule has 3 N–H and O–H groups in total. The molecule has 1 aliphatic rings. The van der Waals surface area contributed by atoms with E-state index in [1.165, 1.54) is 43.1 Å². The molecule has 156 valence electrons. The van der Waals surface area contributed by atoms with Crippen LogP contribution in [-0.4, -0.2) is 30.1 Å². The third-order valence-electron chi connectivity index (χ3n) is 4.02. The molecule has 0 unspecified atom stereocenters. The van der Waals surface area contributed by atoms with Gasteiger partial charge in [0.25, 0.3) is 5.91 Å². The van der Waals surface area contributed by atoms with Crippen molar-refractivity contribution in [3.63, 3.8) is 0 Å². The van der Waals surface area contributed by atoms with Crippen molar-refractivity contribution < 1.29 is 13.9 Å². The van der Waals surface area contributed by atoms with Crippen LogP contribution in [0.2, 0.25) is 0 Å². The van der Waals surface area contributed by atoms with Crippen molar-refractivity contribution in [2.45, 2.75) is 26.3 Å². The number of benzene rings is 1. The summed E-state index contributed by atoms with van der Waals surface area (Å²) in [6.45, 7) is 8.48. The number of carbonyl (C=O) groups excluding carboxylic acids is 1. The van der Waals surface area contributed by atoms with Crippen LogP contribution in [0.5, 0.6) is 0 Å². The molecule has 0 radical (unpaired) electrons. The molecule has 1 aromatic carbocycles. The first-order chi connectivity index (χ1) is 14.2. The van der Waals surface area contributed by atoms with Gasteiger partial charge in [0.2, 0.25) is 5.88 Å². The highest BCUT2D eigenvalue weighted by Crippen LogP contribution is 2.38. The van der Waals surface area contributed by atoms with E-state index in [9.17, 15) is 9.18 Å². The van der Waals surface area contributed by atoms with Crippen LogP contribution in [0.15, 0.2) is 56.2 Å². The van der Waals surface area contributed by atoms with Crippen molar-refractivity contribution in [3.8, 4) is 12.3 Å². The Morgan fingerprint density at radius 2 is 2.30 bits per heavy atom. The van der Waals surface area contributed by atoms with E-state index in [0.29, 0.717) is 16.4 Å². The second-order valence-corrected chi connectivity index (χ2v) is 7.70. The minimum atomic E-state index is -0.977. The fourth-order valence-corrected chi connectivity index (χ4v) is 3.53. The molecule has 1 aliphatic heterocycles. The number of hydrogen-bond acceptors (Lipinski definition) is 7. The van der Waals surface area contributed by atoms with E-state index in [4.69, 9.17) is 16.9 Å². The van der Waals surface area contributed by atoms with Gasteiger partial charge in [-0.25, -0.2) is 14.4 Å². The highest BCUT2D eigenvalue weighted by molar-refractivity contribution is 8.17. The monoisotopic (exact) mass is 427 g/mol. The van der Waals surface area contributed by atoms with E-state index >= 15 is 0 Å². The van der Waals surface area contributed by atoms with Gasteiger partial charge in [0.05, 0.1) is 6.20 Å². The molecule has 1 heterocycles. The average Bonchev–Trinajstić information content (AvgIpc) is 2.68. The van der Waals surface area contributed by atoms with E-state index in [-0.39, 0.29) is 18.2 Å². The number of carbonyl (C=O) groups is 1. The number of ether oxygens (including phenoxy) is 1. The van der Waals surface area contributed by atoms with Crippen molar-refractivity contribution in [1.29, 1.82) is 0 Å².